The van der Waals surface area contributed by atoms with E-state index in [4.69, 9.17) is 0 Å². The number of piperidine rings is 2. The van der Waals surface area contributed by atoms with Crippen molar-refractivity contribution in [1.82, 2.24) is 19.6 Å². The summed E-state index contributed by atoms with van der Waals surface area (Å²) in [5.74, 6) is 1.78. The van der Waals surface area contributed by atoms with Crippen LogP contribution in [0.5, 0.6) is 0 Å². The van der Waals surface area contributed by atoms with Gasteiger partial charge in [-0.05, 0) is 77.5 Å². The molecule has 0 aromatic rings. The molecule has 4 heterocycles. The summed E-state index contributed by atoms with van der Waals surface area (Å²) in [5.41, 5.74) is 0. The fourth-order valence-electron chi connectivity index (χ4n) is 5.55. The molecule has 0 aromatic heterocycles. The van der Waals surface area contributed by atoms with Crippen LogP contribution in [0.25, 0.3) is 0 Å². The second-order valence-electron chi connectivity index (χ2n) is 10.7. The number of rotatable bonds is 11. The van der Waals surface area contributed by atoms with Gasteiger partial charge in [0, 0.05) is 61.3 Å². The molecule has 4 fully saturated rings. The van der Waals surface area contributed by atoms with Crippen molar-refractivity contribution in [2.45, 2.75) is 74.7 Å². The molecule has 0 radical (unpaired) electrons. The van der Waals surface area contributed by atoms with E-state index in [1.165, 1.54) is 64.7 Å². The maximum atomic E-state index is 12.8. The fourth-order valence-corrected chi connectivity index (χ4v) is 11.2. The first-order valence-corrected chi connectivity index (χ1v) is 18.5. The van der Waals surface area contributed by atoms with Crippen molar-refractivity contribution in [3.05, 3.63) is 0 Å². The van der Waals surface area contributed by atoms with Gasteiger partial charge in [0.05, 0.1) is 0 Å². The van der Waals surface area contributed by atoms with Crippen LogP contribution in [-0.4, -0.2) is 118 Å². The van der Waals surface area contributed by atoms with Crippen LogP contribution >= 0.6 is 45.1 Å². The molecule has 0 aromatic carbocycles. The highest BCUT2D eigenvalue weighted by Crippen LogP contribution is 2.37. The number of thioether (sulfide) groups is 2. The zero-order valence-corrected chi connectivity index (χ0v) is 25.2. The molecule has 0 aliphatic carbocycles. The number of carbonyl (C=O) groups is 2. The van der Waals surface area contributed by atoms with E-state index in [1.54, 1.807) is 23.5 Å². The van der Waals surface area contributed by atoms with Crippen LogP contribution in [-0.2, 0) is 0 Å². The first-order chi connectivity index (χ1) is 17.7. The molecule has 206 valence electrons. The molecule has 36 heavy (non-hydrogen) atoms. The van der Waals surface area contributed by atoms with Gasteiger partial charge in [0.25, 0.3) is 10.5 Å². The van der Waals surface area contributed by atoms with Gasteiger partial charge in [-0.1, -0.05) is 58.0 Å². The van der Waals surface area contributed by atoms with Crippen molar-refractivity contribution in [2.75, 3.05) is 77.0 Å². The summed E-state index contributed by atoms with van der Waals surface area (Å²) < 4.78 is 0. The van der Waals surface area contributed by atoms with Gasteiger partial charge in [-0.3, -0.25) is 9.59 Å². The minimum absolute atomic E-state index is 0.276. The average molecular weight is 575 g/mol. The van der Waals surface area contributed by atoms with E-state index in [2.05, 4.69) is 9.80 Å². The Morgan fingerprint density at radius 1 is 0.500 bits per heavy atom. The van der Waals surface area contributed by atoms with Crippen LogP contribution in [0.1, 0.15) is 64.2 Å². The SMILES string of the molecule is O=C(SCC(CN1CCCCC1)SSC(CSC(=O)N1CCCC1)CN1CCCCC1)N1CCCC1. The number of carbonyl (C=O) groups excluding carboxylic acids is 2. The minimum Gasteiger partial charge on any atom is -0.334 e. The van der Waals surface area contributed by atoms with Crippen molar-refractivity contribution in [2.24, 2.45) is 0 Å². The molecule has 0 N–H and O–H groups in total. The zero-order chi connectivity index (χ0) is 25.0. The quantitative estimate of drug-likeness (QED) is 0.280. The summed E-state index contributed by atoms with van der Waals surface area (Å²) in [6, 6.07) is 0. The molecule has 4 rings (SSSR count). The van der Waals surface area contributed by atoms with Crippen LogP contribution in [0.3, 0.4) is 0 Å². The van der Waals surface area contributed by atoms with Gasteiger partial charge in [0.15, 0.2) is 0 Å². The van der Waals surface area contributed by atoms with Crippen molar-refractivity contribution in [3.8, 4) is 0 Å². The maximum absolute atomic E-state index is 12.8. The van der Waals surface area contributed by atoms with Crippen LogP contribution in [0.2, 0.25) is 0 Å². The summed E-state index contributed by atoms with van der Waals surface area (Å²) in [5, 5.41) is 1.43. The molecule has 2 amide bonds. The van der Waals surface area contributed by atoms with Crippen molar-refractivity contribution in [3.63, 3.8) is 0 Å². The monoisotopic (exact) mass is 574 g/mol. The highest BCUT2D eigenvalue weighted by atomic mass is 33.1. The Labute approximate surface area is 235 Å². The van der Waals surface area contributed by atoms with E-state index < -0.39 is 0 Å². The third-order valence-corrected chi connectivity index (χ3v) is 13.5. The summed E-state index contributed by atoms with van der Waals surface area (Å²) in [4.78, 5) is 34.8. The van der Waals surface area contributed by atoms with Gasteiger partial charge >= 0.3 is 0 Å². The summed E-state index contributed by atoms with van der Waals surface area (Å²) in [6.07, 6.45) is 12.5. The van der Waals surface area contributed by atoms with Gasteiger partial charge in [0.2, 0.25) is 0 Å². The van der Waals surface area contributed by atoms with Crippen LogP contribution in [0.4, 0.5) is 9.59 Å². The lowest BCUT2D eigenvalue weighted by atomic mass is 10.1. The molecule has 0 spiro atoms. The van der Waals surface area contributed by atoms with E-state index in [1.807, 2.05) is 31.4 Å². The van der Waals surface area contributed by atoms with Gasteiger partial charge in [-0.2, -0.15) is 0 Å². The van der Waals surface area contributed by atoms with Crippen LogP contribution in [0.15, 0.2) is 0 Å². The van der Waals surface area contributed by atoms with Crippen LogP contribution < -0.4 is 0 Å². The predicted molar refractivity (Wildman–Crippen MR) is 161 cm³/mol. The lowest BCUT2D eigenvalue weighted by molar-refractivity contribution is 0.230. The standard InChI is InChI=1S/C26H46N4O2S4/c31-25(29-15-7-8-16-29)33-21-23(19-27-11-3-1-4-12-27)35-36-24(20-28-13-5-2-6-14-28)22-34-26(32)30-17-9-10-18-30/h23-24H,1-22H2. The van der Waals surface area contributed by atoms with Gasteiger partial charge in [-0.25, -0.2) is 0 Å². The minimum atomic E-state index is 0.276. The van der Waals surface area contributed by atoms with E-state index >= 15 is 0 Å². The second kappa shape index (κ2) is 16.4. The maximum Gasteiger partial charge on any atom is 0.281 e. The molecule has 2 atom stereocenters. The number of nitrogens with zero attached hydrogens (tertiary/aromatic N) is 4. The molecule has 10 heteroatoms. The molecule has 6 nitrogen and oxygen atoms in total. The number of hydrogen-bond donors (Lipinski definition) is 0. The van der Waals surface area contributed by atoms with Gasteiger partial charge < -0.3 is 19.6 Å². The molecule has 0 saturated carbocycles. The highest BCUT2D eigenvalue weighted by Gasteiger charge is 2.26. The highest BCUT2D eigenvalue weighted by molar-refractivity contribution is 8.77. The average Bonchev–Trinajstić information content (AvgIpc) is 3.64. The Kier molecular flexibility index (Phi) is 13.3. The number of hydrogen-bond acceptors (Lipinski definition) is 8. The fraction of sp³-hybridized carbons (Fsp3) is 0.923. The van der Waals surface area contributed by atoms with E-state index in [0.29, 0.717) is 10.5 Å². The van der Waals surface area contributed by atoms with E-state index in [-0.39, 0.29) is 10.5 Å². The molecular weight excluding hydrogens is 529 g/mol. The van der Waals surface area contributed by atoms with E-state index in [9.17, 15) is 9.59 Å². The van der Waals surface area contributed by atoms with Crippen molar-refractivity contribution < 1.29 is 9.59 Å². The second-order valence-corrected chi connectivity index (χ2v) is 15.5. The third-order valence-electron chi connectivity index (χ3n) is 7.66. The Bertz CT molecular complexity index is 608. The van der Waals surface area contributed by atoms with Gasteiger partial charge in [0.1, 0.15) is 0 Å². The normalized spacial score (nSPS) is 23.8. The zero-order valence-electron chi connectivity index (χ0n) is 21.9. The Morgan fingerprint density at radius 3 is 1.19 bits per heavy atom. The summed E-state index contributed by atoms with van der Waals surface area (Å²) in [6.45, 7) is 10.7. The van der Waals surface area contributed by atoms with Crippen molar-refractivity contribution in [1.29, 1.82) is 0 Å². The lowest BCUT2D eigenvalue weighted by Gasteiger charge is -2.32. The lowest BCUT2D eigenvalue weighted by Crippen LogP contribution is -2.38. The largest absolute Gasteiger partial charge is 0.334 e. The molecule has 4 saturated heterocycles. The Hall–Kier alpha value is 0.260. The van der Waals surface area contributed by atoms with Crippen molar-refractivity contribution >= 4 is 55.6 Å². The predicted octanol–water partition coefficient (Wildman–Crippen LogP) is 5.97. The smallest absolute Gasteiger partial charge is 0.281 e. The summed E-state index contributed by atoms with van der Waals surface area (Å²) in [7, 11) is 4.00. The first-order valence-electron chi connectivity index (χ1n) is 14.3. The molecular formula is C26H46N4O2S4. The molecule has 0 bridgehead atoms. The third kappa shape index (κ3) is 10.1. The van der Waals surface area contributed by atoms with Gasteiger partial charge in [-0.15, -0.1) is 0 Å². The summed E-state index contributed by atoms with van der Waals surface area (Å²) >= 11 is 3.09. The molecule has 4 aliphatic rings. The molecule has 2 unspecified atom stereocenters. The topological polar surface area (TPSA) is 47.1 Å². The Morgan fingerprint density at radius 2 is 0.833 bits per heavy atom. The number of likely N-dealkylation sites (tertiary alicyclic amines) is 4. The van der Waals surface area contributed by atoms with E-state index in [0.717, 1.165) is 76.5 Å². The van der Waals surface area contributed by atoms with Crippen LogP contribution in [0, 0.1) is 0 Å². The Balaban J connectivity index is 1.30. The number of amides is 2. The molecule has 4 aliphatic heterocycles. The first kappa shape index (κ1) is 29.2.